The zero-order valence-corrected chi connectivity index (χ0v) is 17.6. The average Bonchev–Trinajstić information content (AvgIpc) is 3.07. The molecule has 0 unspecified atom stereocenters. The molecule has 2 N–H and O–H groups in total. The lowest BCUT2D eigenvalue weighted by atomic mass is 9.86. The molecule has 0 aliphatic carbocycles. The molecule has 2 aromatic rings. The minimum atomic E-state index is -3.43. The highest BCUT2D eigenvalue weighted by atomic mass is 35.5. The molecule has 2 atom stereocenters. The molecule has 1 aliphatic heterocycles. The van der Waals surface area contributed by atoms with E-state index in [4.69, 9.17) is 21.4 Å². The van der Waals surface area contributed by atoms with Gasteiger partial charge in [-0.3, -0.25) is 0 Å². The predicted molar refractivity (Wildman–Crippen MR) is 107 cm³/mol. The van der Waals surface area contributed by atoms with Crippen LogP contribution in [0.15, 0.2) is 18.3 Å². The number of halogens is 2. The number of H-pyrrole nitrogens is 1. The Morgan fingerprint density at radius 2 is 2.21 bits per heavy atom. The van der Waals surface area contributed by atoms with E-state index in [1.165, 1.54) is 16.4 Å². The first-order valence-corrected chi connectivity index (χ1v) is 11.3. The van der Waals surface area contributed by atoms with Gasteiger partial charge >= 0.3 is 0 Å². The number of piperidine rings is 1. The lowest BCUT2D eigenvalue weighted by Gasteiger charge is -2.35. The third-order valence-corrected chi connectivity index (χ3v) is 7.10. The van der Waals surface area contributed by atoms with Crippen molar-refractivity contribution in [1.82, 2.24) is 19.3 Å². The largest absolute Gasteiger partial charge is 0.394 e. The van der Waals surface area contributed by atoms with Gasteiger partial charge in [-0.05, 0) is 24.5 Å². The van der Waals surface area contributed by atoms with Gasteiger partial charge in [0, 0.05) is 19.0 Å². The molecule has 3 heterocycles. The summed E-state index contributed by atoms with van der Waals surface area (Å²) in [5.74, 6) is -0.0655. The zero-order chi connectivity index (χ0) is 21.0. The number of rotatable bonds is 8. The van der Waals surface area contributed by atoms with Crippen molar-refractivity contribution in [3.63, 3.8) is 0 Å². The van der Waals surface area contributed by atoms with Gasteiger partial charge < -0.3 is 14.8 Å². The third-order valence-electron chi connectivity index (χ3n) is 5.01. The van der Waals surface area contributed by atoms with Crippen LogP contribution < -0.4 is 0 Å². The van der Waals surface area contributed by atoms with Crippen LogP contribution in [-0.2, 0) is 14.8 Å². The van der Waals surface area contributed by atoms with Crippen molar-refractivity contribution in [2.24, 2.45) is 5.92 Å². The number of hydrogen-bond acceptors (Lipinski definition) is 6. The van der Waals surface area contributed by atoms with Gasteiger partial charge in [0.2, 0.25) is 10.0 Å². The molecule has 8 nitrogen and oxygen atoms in total. The summed E-state index contributed by atoms with van der Waals surface area (Å²) >= 11 is 6.34. The SMILES string of the molecule is C[C@H]1CN(S(=O)(=O)CCOCCO)CC[C@H]1c1[nH]c(-c2ccc(F)cn2)nc1Cl. The molecule has 0 spiro atoms. The minimum Gasteiger partial charge on any atom is -0.394 e. The summed E-state index contributed by atoms with van der Waals surface area (Å²) in [6.07, 6.45) is 1.71. The van der Waals surface area contributed by atoms with E-state index in [1.807, 2.05) is 6.92 Å². The number of aromatic nitrogens is 3. The van der Waals surface area contributed by atoms with Crippen molar-refractivity contribution < 1.29 is 22.7 Å². The van der Waals surface area contributed by atoms with Gasteiger partial charge in [0.1, 0.15) is 11.5 Å². The van der Waals surface area contributed by atoms with Gasteiger partial charge in [-0.2, -0.15) is 0 Å². The van der Waals surface area contributed by atoms with Crippen molar-refractivity contribution in [3.8, 4) is 11.5 Å². The first kappa shape index (κ1) is 22.1. The van der Waals surface area contributed by atoms with Gasteiger partial charge in [0.15, 0.2) is 11.0 Å². The second-order valence-electron chi connectivity index (χ2n) is 7.03. The van der Waals surface area contributed by atoms with E-state index in [0.29, 0.717) is 36.2 Å². The summed E-state index contributed by atoms with van der Waals surface area (Å²) < 4.78 is 44.7. The lowest BCUT2D eigenvalue weighted by Crippen LogP contribution is -2.43. The number of aliphatic hydroxyl groups is 1. The van der Waals surface area contributed by atoms with Crippen LogP contribution in [0.2, 0.25) is 5.15 Å². The molecule has 0 saturated carbocycles. The molecule has 29 heavy (non-hydrogen) atoms. The fourth-order valence-corrected chi connectivity index (χ4v) is 5.20. The van der Waals surface area contributed by atoms with Crippen LogP contribution in [0.3, 0.4) is 0 Å². The normalized spacial score (nSPS) is 20.8. The van der Waals surface area contributed by atoms with E-state index in [2.05, 4.69) is 15.0 Å². The quantitative estimate of drug-likeness (QED) is 0.600. The maximum Gasteiger partial charge on any atom is 0.216 e. The van der Waals surface area contributed by atoms with Gasteiger partial charge in [-0.1, -0.05) is 18.5 Å². The lowest BCUT2D eigenvalue weighted by molar-refractivity contribution is 0.102. The standard InChI is InChI=1S/C18H24ClFN4O4S/c1-12-11-24(29(26,27)9-8-28-7-6-25)5-4-14(12)16-17(19)23-18(22-16)15-3-2-13(20)10-21-15/h2-3,10,12,14,25H,4-9,11H2,1H3,(H,22,23)/t12-,14+/m0/s1. The van der Waals surface area contributed by atoms with E-state index in [1.54, 1.807) is 0 Å². The summed E-state index contributed by atoms with van der Waals surface area (Å²) in [6, 6.07) is 2.82. The van der Waals surface area contributed by atoms with Crippen LogP contribution in [-0.4, -0.2) is 71.4 Å². The van der Waals surface area contributed by atoms with Crippen LogP contribution in [0.5, 0.6) is 0 Å². The van der Waals surface area contributed by atoms with E-state index in [0.717, 1.165) is 11.9 Å². The minimum absolute atomic E-state index is 0.0151. The number of aliphatic hydroxyl groups excluding tert-OH is 1. The maximum atomic E-state index is 13.1. The molecular formula is C18H24ClFN4O4S. The number of aromatic amines is 1. The van der Waals surface area contributed by atoms with Gasteiger partial charge in [-0.25, -0.2) is 27.1 Å². The molecular weight excluding hydrogens is 423 g/mol. The Hall–Kier alpha value is -1.59. The number of nitrogens with zero attached hydrogens (tertiary/aromatic N) is 3. The first-order valence-electron chi connectivity index (χ1n) is 9.35. The molecule has 0 bridgehead atoms. The molecule has 11 heteroatoms. The van der Waals surface area contributed by atoms with E-state index in [9.17, 15) is 12.8 Å². The van der Waals surface area contributed by atoms with Crippen molar-refractivity contribution in [3.05, 3.63) is 35.0 Å². The molecule has 1 saturated heterocycles. The Balaban J connectivity index is 1.68. The molecule has 0 amide bonds. The Labute approximate surface area is 174 Å². The van der Waals surface area contributed by atoms with Crippen LogP contribution in [0, 0.1) is 11.7 Å². The smallest absolute Gasteiger partial charge is 0.216 e. The highest BCUT2D eigenvalue weighted by molar-refractivity contribution is 7.89. The third kappa shape index (κ3) is 5.32. The Kier molecular flexibility index (Phi) is 7.23. The van der Waals surface area contributed by atoms with Gasteiger partial charge in [-0.15, -0.1) is 0 Å². The molecule has 0 radical (unpaired) electrons. The molecule has 0 aromatic carbocycles. The van der Waals surface area contributed by atoms with Crippen LogP contribution in [0.1, 0.15) is 25.0 Å². The Morgan fingerprint density at radius 3 is 2.86 bits per heavy atom. The molecule has 2 aromatic heterocycles. The fourth-order valence-electron chi connectivity index (χ4n) is 3.50. The van der Waals surface area contributed by atoms with Crippen molar-refractivity contribution in [1.29, 1.82) is 0 Å². The monoisotopic (exact) mass is 446 g/mol. The number of hydrogen-bond donors (Lipinski definition) is 2. The van der Waals surface area contributed by atoms with Crippen molar-refractivity contribution in [2.75, 3.05) is 38.7 Å². The summed E-state index contributed by atoms with van der Waals surface area (Å²) in [7, 11) is -3.43. The van der Waals surface area contributed by atoms with E-state index in [-0.39, 0.29) is 37.4 Å². The molecule has 1 aliphatic rings. The fraction of sp³-hybridized carbons (Fsp3) is 0.556. The molecule has 160 valence electrons. The van der Waals surface area contributed by atoms with Gasteiger partial charge in [0.25, 0.3) is 0 Å². The predicted octanol–water partition coefficient (Wildman–Crippen LogP) is 2.03. The van der Waals surface area contributed by atoms with E-state index >= 15 is 0 Å². The summed E-state index contributed by atoms with van der Waals surface area (Å²) in [4.78, 5) is 11.5. The topological polar surface area (TPSA) is 108 Å². The van der Waals surface area contributed by atoms with Crippen LogP contribution in [0.4, 0.5) is 4.39 Å². The van der Waals surface area contributed by atoms with Crippen LogP contribution in [0.25, 0.3) is 11.5 Å². The van der Waals surface area contributed by atoms with Crippen LogP contribution >= 0.6 is 11.6 Å². The van der Waals surface area contributed by atoms with Crippen molar-refractivity contribution >= 4 is 21.6 Å². The second-order valence-corrected chi connectivity index (χ2v) is 9.48. The Bertz CT molecular complexity index is 922. The Morgan fingerprint density at radius 1 is 1.41 bits per heavy atom. The summed E-state index contributed by atoms with van der Waals surface area (Å²) in [5.41, 5.74) is 1.22. The zero-order valence-electron chi connectivity index (χ0n) is 16.0. The highest BCUT2D eigenvalue weighted by Gasteiger charge is 2.35. The average molecular weight is 447 g/mol. The number of sulfonamides is 1. The van der Waals surface area contributed by atoms with E-state index < -0.39 is 15.8 Å². The number of nitrogens with one attached hydrogen (secondary N) is 1. The number of pyridine rings is 1. The van der Waals surface area contributed by atoms with Gasteiger partial charge in [0.05, 0.1) is 37.5 Å². The van der Waals surface area contributed by atoms with Crippen molar-refractivity contribution in [2.45, 2.75) is 19.3 Å². The number of ether oxygens (including phenoxy) is 1. The second kappa shape index (κ2) is 9.48. The molecule has 1 fully saturated rings. The highest BCUT2D eigenvalue weighted by Crippen LogP contribution is 2.37. The molecule has 3 rings (SSSR count). The summed E-state index contributed by atoms with van der Waals surface area (Å²) in [6.45, 7) is 2.75. The first-order chi connectivity index (χ1) is 13.8. The number of imidazole rings is 1. The maximum absolute atomic E-state index is 13.1. The summed E-state index contributed by atoms with van der Waals surface area (Å²) in [5, 5.41) is 9.02.